The van der Waals surface area contributed by atoms with Crippen molar-refractivity contribution in [1.29, 1.82) is 5.26 Å². The van der Waals surface area contributed by atoms with Gasteiger partial charge < -0.3 is 10.2 Å². The number of nitriles is 1. The van der Waals surface area contributed by atoms with Gasteiger partial charge in [-0.3, -0.25) is 9.59 Å². The zero-order valence-electron chi connectivity index (χ0n) is 19.3. The topological polar surface area (TPSA) is 85.6 Å². The highest BCUT2D eigenvalue weighted by Gasteiger charge is 2.30. The van der Waals surface area contributed by atoms with Gasteiger partial charge in [-0.05, 0) is 42.4 Å². The molecule has 1 fully saturated rings. The molecule has 1 N–H and O–H groups in total. The number of carbonyl (C=O) groups excluding carboxylic acids is 2. The lowest BCUT2D eigenvalue weighted by molar-refractivity contribution is -0.127. The van der Waals surface area contributed by atoms with Gasteiger partial charge in [0.25, 0.3) is 11.8 Å². The zero-order valence-corrected chi connectivity index (χ0v) is 19.3. The van der Waals surface area contributed by atoms with Crippen LogP contribution in [0.1, 0.15) is 67.1 Å². The minimum absolute atomic E-state index is 0.00221. The molecule has 0 radical (unpaired) electrons. The summed E-state index contributed by atoms with van der Waals surface area (Å²) in [7, 11) is 0. The maximum absolute atomic E-state index is 13.1. The van der Waals surface area contributed by atoms with Crippen LogP contribution >= 0.6 is 0 Å². The summed E-state index contributed by atoms with van der Waals surface area (Å²) in [6, 6.07) is 16.9. The molecule has 1 saturated heterocycles. The van der Waals surface area contributed by atoms with Crippen LogP contribution in [-0.2, 0) is 10.2 Å². The summed E-state index contributed by atoms with van der Waals surface area (Å²) in [6.07, 6.45) is 2.97. The van der Waals surface area contributed by atoms with Crippen molar-refractivity contribution < 1.29 is 9.59 Å². The van der Waals surface area contributed by atoms with Gasteiger partial charge in [0, 0.05) is 29.8 Å². The van der Waals surface area contributed by atoms with Crippen molar-refractivity contribution in [2.45, 2.75) is 45.4 Å². The second-order valence-corrected chi connectivity index (χ2v) is 9.48. The van der Waals surface area contributed by atoms with E-state index in [4.69, 9.17) is 0 Å². The third-order valence-corrected chi connectivity index (χ3v) is 6.11. The van der Waals surface area contributed by atoms with Crippen molar-refractivity contribution in [3.05, 3.63) is 76.4 Å². The van der Waals surface area contributed by atoms with Gasteiger partial charge in [-0.1, -0.05) is 57.2 Å². The number of nitrogens with zero attached hydrogens (tertiary/aromatic N) is 3. The first-order chi connectivity index (χ1) is 15.8. The second kappa shape index (κ2) is 9.03. The summed E-state index contributed by atoms with van der Waals surface area (Å²) in [5.41, 5.74) is 3.38. The van der Waals surface area contributed by atoms with Crippen molar-refractivity contribution in [1.82, 2.24) is 10.2 Å². The fraction of sp³-hybridized carbons (Fsp3) is 0.333. The number of benzene rings is 2. The number of piperidine rings is 1. The minimum atomic E-state index is -0.295. The summed E-state index contributed by atoms with van der Waals surface area (Å²) in [6.45, 7) is 7.67. The van der Waals surface area contributed by atoms with E-state index >= 15 is 0 Å². The number of hydrogen-bond donors (Lipinski definition) is 1. The highest BCUT2D eigenvalue weighted by Crippen LogP contribution is 2.31. The van der Waals surface area contributed by atoms with Gasteiger partial charge in [0.05, 0.1) is 5.70 Å². The number of amidine groups is 1. The number of hydrogen-bond acceptors (Lipinski definition) is 4. The Balaban J connectivity index is 1.65. The monoisotopic (exact) mass is 440 g/mol. The van der Waals surface area contributed by atoms with E-state index in [9.17, 15) is 14.9 Å². The maximum Gasteiger partial charge on any atom is 0.266 e. The van der Waals surface area contributed by atoms with E-state index in [0.717, 1.165) is 24.8 Å². The Hall–Kier alpha value is -3.72. The Bertz CT molecular complexity index is 1190. The molecule has 0 bridgehead atoms. The molecule has 2 aromatic rings. The van der Waals surface area contributed by atoms with Crippen LogP contribution in [-0.4, -0.2) is 35.6 Å². The van der Waals surface area contributed by atoms with Crippen molar-refractivity contribution in [2.75, 3.05) is 13.1 Å². The third kappa shape index (κ3) is 4.58. The van der Waals surface area contributed by atoms with Gasteiger partial charge in [0.15, 0.2) is 0 Å². The van der Waals surface area contributed by atoms with Crippen LogP contribution in [0.2, 0.25) is 0 Å². The molecule has 2 heterocycles. The SMILES string of the molecule is CC(C)(C)c1ccc(C(=O)NC2=NC(=C(C#N)C(=O)N3CCCCC3)c3ccccc32)cc1. The Morgan fingerprint density at radius 3 is 2.21 bits per heavy atom. The number of rotatable bonds is 2. The van der Waals surface area contributed by atoms with E-state index in [-0.39, 0.29) is 22.8 Å². The molecule has 0 unspecified atom stereocenters. The largest absolute Gasteiger partial charge is 0.338 e. The third-order valence-electron chi connectivity index (χ3n) is 6.11. The molecular formula is C27H28N4O2. The van der Waals surface area contributed by atoms with Gasteiger partial charge in [-0.15, -0.1) is 0 Å². The average molecular weight is 441 g/mol. The standard InChI is InChI=1S/C27H28N4O2/c1-27(2,3)19-13-11-18(12-14-19)25(32)30-24-21-10-6-5-9-20(21)23(29-24)22(17-28)26(33)31-15-7-4-8-16-31/h5-6,9-14H,4,7-8,15-16H2,1-3H3,(H,29,30,32). The summed E-state index contributed by atoms with van der Waals surface area (Å²) < 4.78 is 0. The molecule has 0 aliphatic carbocycles. The number of nitrogens with one attached hydrogen (secondary N) is 1. The number of likely N-dealkylation sites (tertiary alicyclic amines) is 1. The Labute approximate surface area is 194 Å². The highest BCUT2D eigenvalue weighted by molar-refractivity contribution is 6.20. The molecular weight excluding hydrogens is 412 g/mol. The van der Waals surface area contributed by atoms with E-state index in [2.05, 4.69) is 37.1 Å². The van der Waals surface area contributed by atoms with Crippen LogP contribution in [0.15, 0.2) is 59.1 Å². The Kier molecular flexibility index (Phi) is 6.15. The van der Waals surface area contributed by atoms with E-state index in [1.165, 1.54) is 0 Å². The van der Waals surface area contributed by atoms with Gasteiger partial charge >= 0.3 is 0 Å². The number of carbonyl (C=O) groups is 2. The van der Waals surface area contributed by atoms with Gasteiger partial charge in [-0.25, -0.2) is 4.99 Å². The van der Waals surface area contributed by atoms with Crippen LogP contribution in [0.25, 0.3) is 5.70 Å². The molecule has 2 aromatic carbocycles. The first-order valence-corrected chi connectivity index (χ1v) is 11.3. The van der Waals surface area contributed by atoms with E-state index in [1.54, 1.807) is 17.0 Å². The van der Waals surface area contributed by atoms with Gasteiger partial charge in [0.2, 0.25) is 0 Å². The predicted octanol–water partition coefficient (Wildman–Crippen LogP) is 4.42. The molecule has 0 aromatic heterocycles. The fourth-order valence-electron chi connectivity index (χ4n) is 4.17. The number of amides is 2. The summed E-state index contributed by atoms with van der Waals surface area (Å²) in [5.74, 6) is -0.230. The molecule has 33 heavy (non-hydrogen) atoms. The zero-order chi connectivity index (χ0) is 23.6. The predicted molar refractivity (Wildman–Crippen MR) is 129 cm³/mol. The molecule has 0 atom stereocenters. The van der Waals surface area contributed by atoms with Crippen molar-refractivity contribution in [3.8, 4) is 6.07 Å². The normalized spacial score (nSPS) is 17.0. The molecule has 4 rings (SSSR count). The summed E-state index contributed by atoms with van der Waals surface area (Å²) in [5, 5.41) is 12.7. The van der Waals surface area contributed by atoms with E-state index in [0.29, 0.717) is 41.3 Å². The first kappa shape index (κ1) is 22.5. The van der Waals surface area contributed by atoms with E-state index < -0.39 is 0 Å². The molecule has 168 valence electrons. The van der Waals surface area contributed by atoms with Crippen molar-refractivity contribution >= 4 is 23.3 Å². The van der Waals surface area contributed by atoms with Crippen LogP contribution < -0.4 is 5.32 Å². The van der Waals surface area contributed by atoms with Crippen LogP contribution in [0.5, 0.6) is 0 Å². The molecule has 2 aliphatic heterocycles. The second-order valence-electron chi connectivity index (χ2n) is 9.48. The molecule has 6 heteroatoms. The summed E-state index contributed by atoms with van der Waals surface area (Å²) in [4.78, 5) is 32.3. The average Bonchev–Trinajstić information content (AvgIpc) is 3.17. The van der Waals surface area contributed by atoms with E-state index in [1.807, 2.05) is 36.4 Å². The Morgan fingerprint density at radius 1 is 0.970 bits per heavy atom. The van der Waals surface area contributed by atoms with Crippen LogP contribution in [0, 0.1) is 11.3 Å². The first-order valence-electron chi connectivity index (χ1n) is 11.3. The Morgan fingerprint density at radius 2 is 1.61 bits per heavy atom. The molecule has 0 saturated carbocycles. The molecule has 0 spiro atoms. The molecule has 2 amide bonds. The molecule has 2 aliphatic rings. The van der Waals surface area contributed by atoms with Gasteiger partial charge in [-0.2, -0.15) is 5.26 Å². The van der Waals surface area contributed by atoms with Crippen LogP contribution in [0.4, 0.5) is 0 Å². The maximum atomic E-state index is 13.1. The van der Waals surface area contributed by atoms with Crippen molar-refractivity contribution in [3.63, 3.8) is 0 Å². The van der Waals surface area contributed by atoms with Gasteiger partial charge in [0.1, 0.15) is 17.5 Å². The highest BCUT2D eigenvalue weighted by atomic mass is 16.2. The number of aliphatic imine (C=N–C) groups is 1. The minimum Gasteiger partial charge on any atom is -0.338 e. The lowest BCUT2D eigenvalue weighted by atomic mass is 9.87. The van der Waals surface area contributed by atoms with Crippen molar-refractivity contribution in [2.24, 2.45) is 4.99 Å². The van der Waals surface area contributed by atoms with Crippen LogP contribution in [0.3, 0.4) is 0 Å². The molecule has 6 nitrogen and oxygen atoms in total. The lowest BCUT2D eigenvalue weighted by Crippen LogP contribution is -2.36. The number of fused-ring (bicyclic) bond motifs is 1. The quantitative estimate of drug-likeness (QED) is 0.554. The fourth-order valence-corrected chi connectivity index (χ4v) is 4.17. The summed E-state index contributed by atoms with van der Waals surface area (Å²) >= 11 is 0. The smallest absolute Gasteiger partial charge is 0.266 e. The lowest BCUT2D eigenvalue weighted by Gasteiger charge is -2.26.